The predicted molar refractivity (Wildman–Crippen MR) is 67.7 cm³/mol. The van der Waals surface area contributed by atoms with E-state index in [0.29, 0.717) is 0 Å². The second-order valence-electron chi connectivity index (χ2n) is 3.71. The molecule has 3 rings (SSSR count). The highest BCUT2D eigenvalue weighted by Gasteiger charge is 2.10. The minimum atomic E-state index is 0.772. The summed E-state index contributed by atoms with van der Waals surface area (Å²) in [7, 11) is 0. The van der Waals surface area contributed by atoms with Crippen molar-refractivity contribution in [2.45, 2.75) is 6.92 Å². The van der Waals surface area contributed by atoms with Crippen molar-refractivity contribution in [2.75, 3.05) is 5.73 Å². The number of hydrogen-bond acceptors (Lipinski definition) is 3. The van der Waals surface area contributed by atoms with Crippen molar-refractivity contribution in [3.05, 3.63) is 41.5 Å². The van der Waals surface area contributed by atoms with Crippen LogP contribution in [0.5, 0.6) is 0 Å². The molecule has 0 aromatic carbocycles. The zero-order valence-corrected chi connectivity index (χ0v) is 9.66. The summed E-state index contributed by atoms with van der Waals surface area (Å²) in [6.07, 6.45) is 1.97. The number of aromatic nitrogens is 2. The zero-order valence-electron chi connectivity index (χ0n) is 8.84. The molecule has 80 valence electrons. The SMILES string of the molecule is Cc1nc(-c2cccs2)n2ccc(N)cc12. The molecule has 16 heavy (non-hydrogen) atoms. The first-order chi connectivity index (χ1) is 7.75. The Morgan fingerprint density at radius 3 is 3.00 bits per heavy atom. The molecule has 0 unspecified atom stereocenters. The second kappa shape index (κ2) is 3.35. The van der Waals surface area contributed by atoms with E-state index < -0.39 is 0 Å². The smallest absolute Gasteiger partial charge is 0.154 e. The van der Waals surface area contributed by atoms with Crippen LogP contribution in [-0.2, 0) is 0 Å². The number of nitrogen functional groups attached to an aromatic ring is 1. The number of fused-ring (bicyclic) bond motifs is 1. The number of hydrogen-bond donors (Lipinski definition) is 1. The van der Waals surface area contributed by atoms with E-state index in [2.05, 4.69) is 20.8 Å². The Morgan fingerprint density at radius 1 is 1.38 bits per heavy atom. The Bertz CT molecular complexity index is 638. The van der Waals surface area contributed by atoms with Crippen molar-refractivity contribution in [3.63, 3.8) is 0 Å². The molecule has 3 nitrogen and oxygen atoms in total. The molecule has 4 heteroatoms. The first-order valence-electron chi connectivity index (χ1n) is 5.04. The molecule has 0 saturated carbocycles. The maximum Gasteiger partial charge on any atom is 0.154 e. The predicted octanol–water partition coefficient (Wildman–Crippen LogP) is 2.95. The third kappa shape index (κ3) is 1.31. The molecular weight excluding hydrogens is 218 g/mol. The molecule has 0 radical (unpaired) electrons. The minimum Gasteiger partial charge on any atom is -0.399 e. The van der Waals surface area contributed by atoms with E-state index in [9.17, 15) is 0 Å². The van der Waals surface area contributed by atoms with Crippen molar-refractivity contribution in [2.24, 2.45) is 0 Å². The second-order valence-corrected chi connectivity index (χ2v) is 4.66. The molecular formula is C12H11N3S. The average molecular weight is 229 g/mol. The molecule has 3 aromatic heterocycles. The number of nitrogens with two attached hydrogens (primary N) is 1. The van der Waals surface area contributed by atoms with Gasteiger partial charge in [-0.2, -0.15) is 0 Å². The fourth-order valence-electron chi connectivity index (χ4n) is 1.83. The fraction of sp³-hybridized carbons (Fsp3) is 0.0833. The van der Waals surface area contributed by atoms with E-state index >= 15 is 0 Å². The number of imidazole rings is 1. The number of nitrogens with zero attached hydrogens (tertiary/aromatic N) is 2. The van der Waals surface area contributed by atoms with Gasteiger partial charge in [-0.05, 0) is 30.5 Å². The van der Waals surface area contributed by atoms with Gasteiger partial charge in [0.25, 0.3) is 0 Å². The van der Waals surface area contributed by atoms with Crippen LogP contribution in [0.4, 0.5) is 5.69 Å². The maximum absolute atomic E-state index is 5.78. The van der Waals surface area contributed by atoms with Crippen LogP contribution in [0.25, 0.3) is 16.2 Å². The van der Waals surface area contributed by atoms with Gasteiger partial charge in [0.15, 0.2) is 5.82 Å². The number of rotatable bonds is 1. The molecule has 2 N–H and O–H groups in total. The third-order valence-electron chi connectivity index (χ3n) is 2.59. The number of anilines is 1. The van der Waals surface area contributed by atoms with Gasteiger partial charge in [0.2, 0.25) is 0 Å². The van der Waals surface area contributed by atoms with Crippen LogP contribution >= 0.6 is 11.3 Å². The lowest BCUT2D eigenvalue weighted by molar-refractivity contribution is 1.17. The Labute approximate surface area is 97.2 Å². The van der Waals surface area contributed by atoms with E-state index in [1.807, 2.05) is 31.3 Å². The molecule has 3 heterocycles. The van der Waals surface area contributed by atoms with E-state index in [0.717, 1.165) is 22.7 Å². The zero-order chi connectivity index (χ0) is 11.1. The van der Waals surface area contributed by atoms with E-state index in [-0.39, 0.29) is 0 Å². The van der Waals surface area contributed by atoms with Gasteiger partial charge in [0.1, 0.15) is 0 Å². The highest BCUT2D eigenvalue weighted by molar-refractivity contribution is 7.13. The van der Waals surface area contributed by atoms with Crippen LogP contribution in [0.15, 0.2) is 35.8 Å². The van der Waals surface area contributed by atoms with Crippen molar-refractivity contribution in [1.29, 1.82) is 0 Å². The lowest BCUT2D eigenvalue weighted by atomic mass is 10.3. The summed E-state index contributed by atoms with van der Waals surface area (Å²) in [5.74, 6) is 0.988. The highest BCUT2D eigenvalue weighted by Crippen LogP contribution is 2.26. The molecule has 0 bridgehead atoms. The van der Waals surface area contributed by atoms with Gasteiger partial charge < -0.3 is 5.73 Å². The Hall–Kier alpha value is -1.81. The van der Waals surface area contributed by atoms with Crippen molar-refractivity contribution < 1.29 is 0 Å². The molecule has 0 amide bonds. The van der Waals surface area contributed by atoms with Crippen LogP contribution in [0.3, 0.4) is 0 Å². The number of thiophene rings is 1. The summed E-state index contributed by atoms with van der Waals surface area (Å²) in [6.45, 7) is 2.01. The lowest BCUT2D eigenvalue weighted by Crippen LogP contribution is -1.90. The maximum atomic E-state index is 5.78. The van der Waals surface area contributed by atoms with E-state index in [1.54, 1.807) is 11.3 Å². The van der Waals surface area contributed by atoms with Crippen LogP contribution in [0.2, 0.25) is 0 Å². The monoisotopic (exact) mass is 229 g/mol. The van der Waals surface area contributed by atoms with Gasteiger partial charge in [0, 0.05) is 11.9 Å². The minimum absolute atomic E-state index is 0.772. The van der Waals surface area contributed by atoms with Gasteiger partial charge in [-0.3, -0.25) is 4.40 Å². The number of pyridine rings is 1. The fourth-order valence-corrected chi connectivity index (χ4v) is 2.54. The first kappa shape index (κ1) is 9.42. The summed E-state index contributed by atoms with van der Waals surface area (Å²) in [6, 6.07) is 7.97. The normalized spacial score (nSPS) is 11.1. The van der Waals surface area contributed by atoms with Crippen molar-refractivity contribution >= 4 is 22.5 Å². The van der Waals surface area contributed by atoms with E-state index in [1.165, 1.54) is 4.88 Å². The molecule has 3 aromatic rings. The van der Waals surface area contributed by atoms with Crippen LogP contribution < -0.4 is 5.73 Å². The molecule has 0 fully saturated rings. The molecule has 0 saturated heterocycles. The average Bonchev–Trinajstić information content (AvgIpc) is 2.87. The third-order valence-corrected chi connectivity index (χ3v) is 3.46. The van der Waals surface area contributed by atoms with E-state index in [4.69, 9.17) is 5.73 Å². The van der Waals surface area contributed by atoms with Crippen molar-refractivity contribution in [3.8, 4) is 10.7 Å². The molecule has 0 spiro atoms. The summed E-state index contributed by atoms with van der Waals surface area (Å²) < 4.78 is 2.08. The molecule has 0 aliphatic rings. The Morgan fingerprint density at radius 2 is 2.25 bits per heavy atom. The molecule has 0 aliphatic heterocycles. The van der Waals surface area contributed by atoms with Gasteiger partial charge in [-0.25, -0.2) is 4.98 Å². The largest absolute Gasteiger partial charge is 0.399 e. The summed E-state index contributed by atoms with van der Waals surface area (Å²) in [5, 5.41) is 2.06. The van der Waals surface area contributed by atoms with Gasteiger partial charge in [-0.1, -0.05) is 6.07 Å². The first-order valence-corrected chi connectivity index (χ1v) is 5.92. The van der Waals surface area contributed by atoms with Crippen LogP contribution in [-0.4, -0.2) is 9.38 Å². The standard InChI is InChI=1S/C12H11N3S/c1-8-10-7-9(13)4-5-15(10)12(14-8)11-3-2-6-16-11/h2-7H,13H2,1H3. The topological polar surface area (TPSA) is 43.3 Å². The summed E-state index contributed by atoms with van der Waals surface area (Å²) in [4.78, 5) is 5.77. The summed E-state index contributed by atoms with van der Waals surface area (Å²) in [5.41, 5.74) is 8.64. The number of aryl methyl sites for hydroxylation is 1. The molecule has 0 atom stereocenters. The van der Waals surface area contributed by atoms with Crippen LogP contribution in [0, 0.1) is 6.92 Å². The molecule has 0 aliphatic carbocycles. The van der Waals surface area contributed by atoms with Crippen molar-refractivity contribution in [1.82, 2.24) is 9.38 Å². The summed E-state index contributed by atoms with van der Waals surface area (Å²) >= 11 is 1.69. The lowest BCUT2D eigenvalue weighted by Gasteiger charge is -1.99. The highest BCUT2D eigenvalue weighted by atomic mass is 32.1. The quantitative estimate of drug-likeness (QED) is 0.697. The Kier molecular flexibility index (Phi) is 1.97. The van der Waals surface area contributed by atoms with Gasteiger partial charge >= 0.3 is 0 Å². The Balaban J connectivity index is 2.35. The van der Waals surface area contributed by atoms with Gasteiger partial charge in [0.05, 0.1) is 16.1 Å². The van der Waals surface area contributed by atoms with Gasteiger partial charge in [-0.15, -0.1) is 11.3 Å². The van der Waals surface area contributed by atoms with Crippen LogP contribution in [0.1, 0.15) is 5.69 Å².